The molecule has 0 atom stereocenters. The number of rotatable bonds is 9. The minimum atomic E-state index is 0.407. The molecule has 0 radical (unpaired) electrons. The van der Waals surface area contributed by atoms with Crippen LogP contribution in [-0.2, 0) is 0 Å². The second-order valence-electron chi connectivity index (χ2n) is 19.5. The molecule has 9 heterocycles. The standard InChI is InChI=1S/C7H10O.C7H10S.2C6H11N3.C6H10N2.2C6H9NO.2C6H9NS.7C2H6/c2*1-6(2)7-4-3-5-8-7;1-4(2)6-7-5(3)8-9-6;1-4(2)6-5(3)7-9-8-6;1-6(2)8-5-3-4-7-8;1-5(2)6-3-8-4-7-6;1-5(2)6-7-3-4-8-6;1-5(2)6-3-8-4-7-6;1-5(2)6-7-3-4-8-6;7*1-2/h2*3-6H,1-2H3;2*4H,1-3H3,(H,7,8,9);3-6H,1-2H3;4*3-5H,1-2H3;7*1-2H3. The first-order valence-corrected chi connectivity index (χ1v) is 35.1. The quantitative estimate of drug-likeness (QED) is 0.139. The number of H-pyrrole nitrogens is 2. The van der Waals surface area contributed by atoms with Crippen molar-refractivity contribution >= 4 is 34.0 Å². The van der Waals surface area contributed by atoms with Gasteiger partial charge < -0.3 is 13.3 Å². The zero-order valence-electron chi connectivity index (χ0n) is 61.9. The predicted octanol–water partition coefficient (Wildman–Crippen LogP) is 24.5. The molecule has 15 nitrogen and oxygen atoms in total. The van der Waals surface area contributed by atoms with Crippen LogP contribution in [0.1, 0.15) is 331 Å². The molecular weight excluding hydrogens is 1150 g/mol. The number of aromatic amines is 2. The molecule has 0 spiro atoms. The highest BCUT2D eigenvalue weighted by Gasteiger charge is 2.06. The van der Waals surface area contributed by atoms with Crippen molar-refractivity contribution in [3.63, 3.8) is 0 Å². The van der Waals surface area contributed by atoms with E-state index in [1.165, 1.54) is 22.0 Å². The molecule has 0 aliphatic carbocycles. The average molecular weight is 1280 g/mol. The van der Waals surface area contributed by atoms with Crippen molar-refractivity contribution in [2.24, 2.45) is 0 Å². The minimum absolute atomic E-state index is 0.407. The van der Waals surface area contributed by atoms with Crippen LogP contribution in [0.15, 0.2) is 115 Å². The number of thiazole rings is 2. The van der Waals surface area contributed by atoms with E-state index in [1.54, 1.807) is 53.9 Å². The van der Waals surface area contributed by atoms with E-state index in [-0.39, 0.29) is 0 Å². The van der Waals surface area contributed by atoms with Crippen LogP contribution in [0.3, 0.4) is 0 Å². The van der Waals surface area contributed by atoms with Crippen LogP contribution in [0.2, 0.25) is 0 Å². The molecule has 0 aliphatic heterocycles. The van der Waals surface area contributed by atoms with Crippen molar-refractivity contribution in [1.29, 1.82) is 0 Å². The molecule has 0 aromatic carbocycles. The van der Waals surface area contributed by atoms with Crippen LogP contribution in [0.5, 0.6) is 0 Å². The van der Waals surface area contributed by atoms with Crippen LogP contribution in [-0.4, -0.2) is 60.3 Å². The Kier molecular flexibility index (Phi) is 73.0. The maximum absolute atomic E-state index is 5.09. The van der Waals surface area contributed by atoms with E-state index in [2.05, 4.69) is 189 Å². The summed E-state index contributed by atoms with van der Waals surface area (Å²) >= 11 is 5.21. The highest BCUT2D eigenvalue weighted by Crippen LogP contribution is 2.19. The van der Waals surface area contributed by atoms with E-state index in [1.807, 2.05) is 182 Å². The molecule has 0 amide bonds. The summed E-state index contributed by atoms with van der Waals surface area (Å²) in [6, 6.07) is 10.6. The van der Waals surface area contributed by atoms with Crippen LogP contribution in [0.4, 0.5) is 0 Å². The first kappa shape index (κ1) is 95.8. The summed E-state index contributed by atoms with van der Waals surface area (Å²) in [5, 5.41) is 28.7. The van der Waals surface area contributed by atoms with Crippen LogP contribution in [0, 0.1) is 13.8 Å². The molecule has 9 aromatic rings. The van der Waals surface area contributed by atoms with Gasteiger partial charge in [0.05, 0.1) is 45.8 Å². The summed E-state index contributed by atoms with van der Waals surface area (Å²) in [6.45, 7) is 69.9. The Morgan fingerprint density at radius 2 is 1.10 bits per heavy atom. The summed E-state index contributed by atoms with van der Waals surface area (Å²) in [5.74, 6) is 7.84. The fraction of sp³-hybridized carbons (Fsp3) is 0.614. The van der Waals surface area contributed by atoms with Gasteiger partial charge in [0.1, 0.15) is 24.1 Å². The number of nitrogens with zero attached hydrogens (tertiary/aromatic N) is 10. The fourth-order valence-electron chi connectivity index (χ4n) is 5.34. The Morgan fingerprint density at radius 3 is 1.31 bits per heavy atom. The molecule has 18 heteroatoms. The summed E-state index contributed by atoms with van der Waals surface area (Å²) in [4.78, 5) is 21.8. The Bertz CT molecular complexity index is 2150. The van der Waals surface area contributed by atoms with Gasteiger partial charge >= 0.3 is 0 Å². The number of aryl methyl sites for hydroxylation is 2. The Balaban J connectivity index is -0.000000163. The second kappa shape index (κ2) is 67.1. The maximum atomic E-state index is 5.09. The van der Waals surface area contributed by atoms with Gasteiger partial charge in [-0.1, -0.05) is 214 Å². The van der Waals surface area contributed by atoms with Gasteiger partial charge in [-0.05, 0) is 81.0 Å². The van der Waals surface area contributed by atoms with Crippen molar-refractivity contribution in [2.45, 2.75) is 289 Å². The monoisotopic (exact) mass is 1280 g/mol. The third kappa shape index (κ3) is 52.1. The van der Waals surface area contributed by atoms with E-state index in [9.17, 15) is 0 Å². The molecule has 506 valence electrons. The SMILES string of the molecule is CC.CC.CC.CC.CC.CC.CC.CC(C)c1ccco1.CC(C)c1cccs1.CC(C)c1cocn1.CC(C)c1cscn1.CC(C)c1ncco1.CC(C)c1nccs1.CC(C)n1cccn1.Cc1n[nH]nc1C(C)C.Cc1nc(C(C)C)n[nH]1. The molecule has 0 aliphatic rings. The van der Waals surface area contributed by atoms with E-state index in [0.29, 0.717) is 53.4 Å². The zero-order valence-corrected chi connectivity index (χ0v) is 64.4. The molecule has 0 bridgehead atoms. The Labute approximate surface area is 551 Å². The van der Waals surface area contributed by atoms with Crippen molar-refractivity contribution in [1.82, 2.24) is 60.3 Å². The lowest BCUT2D eigenvalue weighted by atomic mass is 10.1. The largest absolute Gasteiger partial charge is 0.469 e. The number of thiophene rings is 1. The molecular formula is C70H130N12O3S3. The van der Waals surface area contributed by atoms with Crippen molar-refractivity contribution < 1.29 is 13.3 Å². The van der Waals surface area contributed by atoms with Crippen molar-refractivity contribution in [3.8, 4) is 0 Å². The molecule has 9 rings (SSSR count). The van der Waals surface area contributed by atoms with Gasteiger partial charge in [-0.15, -0.1) is 34.0 Å². The van der Waals surface area contributed by atoms with Crippen LogP contribution < -0.4 is 0 Å². The molecule has 88 heavy (non-hydrogen) atoms. The number of furan rings is 1. The first-order valence-electron chi connectivity index (χ1n) is 32.4. The highest BCUT2D eigenvalue weighted by atomic mass is 32.1. The van der Waals surface area contributed by atoms with E-state index in [0.717, 1.165) is 40.4 Å². The summed E-state index contributed by atoms with van der Waals surface area (Å²) in [6.07, 6.45) is 13.7. The third-order valence-corrected chi connectivity index (χ3v) is 12.5. The minimum Gasteiger partial charge on any atom is -0.469 e. The smallest absolute Gasteiger partial charge is 0.196 e. The maximum Gasteiger partial charge on any atom is 0.196 e. The molecule has 0 saturated heterocycles. The van der Waals surface area contributed by atoms with Gasteiger partial charge in [-0.3, -0.25) is 9.78 Å². The normalized spacial score (nSPS) is 9.26. The first-order chi connectivity index (χ1) is 42.0. The van der Waals surface area contributed by atoms with Crippen molar-refractivity contribution in [2.75, 3.05) is 0 Å². The third-order valence-electron chi connectivity index (χ3n) is 9.69. The zero-order chi connectivity index (χ0) is 69.6. The molecule has 9 aromatic heterocycles. The van der Waals surface area contributed by atoms with Gasteiger partial charge in [0.2, 0.25) is 0 Å². The fourth-order valence-corrected chi connectivity index (χ4v) is 7.45. The summed E-state index contributed by atoms with van der Waals surface area (Å²) in [5.41, 5.74) is 6.16. The van der Waals surface area contributed by atoms with E-state index in [4.69, 9.17) is 13.3 Å². The van der Waals surface area contributed by atoms with Gasteiger partial charge in [0, 0.05) is 63.9 Å². The van der Waals surface area contributed by atoms with Gasteiger partial charge in [0.25, 0.3) is 0 Å². The number of nitrogens with one attached hydrogen (secondary N) is 2. The number of hydrogen-bond acceptors (Lipinski definition) is 15. The summed E-state index contributed by atoms with van der Waals surface area (Å²) < 4.78 is 16.8. The number of aromatic nitrogens is 12. The van der Waals surface area contributed by atoms with Crippen LogP contribution in [0.25, 0.3) is 0 Å². The van der Waals surface area contributed by atoms with Gasteiger partial charge in [-0.25, -0.2) is 24.9 Å². The lowest BCUT2D eigenvalue weighted by Gasteiger charge is -2.01. The summed E-state index contributed by atoms with van der Waals surface area (Å²) in [7, 11) is 0. The van der Waals surface area contributed by atoms with Crippen molar-refractivity contribution in [3.05, 3.63) is 158 Å². The second-order valence-corrected chi connectivity index (χ2v) is 22.1. The predicted molar refractivity (Wildman–Crippen MR) is 387 cm³/mol. The lowest BCUT2D eigenvalue weighted by Crippen LogP contribution is -1.99. The van der Waals surface area contributed by atoms with Gasteiger partial charge in [-0.2, -0.15) is 25.6 Å². The van der Waals surface area contributed by atoms with Gasteiger partial charge in [0.15, 0.2) is 18.1 Å². The number of hydrogen-bond donors (Lipinski definition) is 2. The van der Waals surface area contributed by atoms with E-state index >= 15 is 0 Å². The topological polar surface area (TPSA) is 192 Å². The Hall–Kier alpha value is -5.85. The Morgan fingerprint density at radius 1 is 0.500 bits per heavy atom. The number of oxazole rings is 2. The highest BCUT2D eigenvalue weighted by molar-refractivity contribution is 7.10. The molecule has 0 fully saturated rings. The molecule has 2 N–H and O–H groups in total. The molecule has 0 unspecified atom stereocenters. The molecule has 0 saturated carbocycles. The van der Waals surface area contributed by atoms with Crippen LogP contribution >= 0.6 is 34.0 Å². The average Bonchev–Trinajstić information content (AvgIpc) is 4.44. The van der Waals surface area contributed by atoms with E-state index < -0.39 is 0 Å². The lowest BCUT2D eigenvalue weighted by molar-refractivity contribution is 0.471.